The van der Waals surface area contributed by atoms with Crippen molar-refractivity contribution in [1.82, 2.24) is 20.2 Å². The Morgan fingerprint density at radius 1 is 0.846 bits per heavy atom. The molecule has 0 aliphatic carbocycles. The van der Waals surface area contributed by atoms with Gasteiger partial charge in [0, 0.05) is 50.5 Å². The van der Waals surface area contributed by atoms with Crippen LogP contribution in [0.3, 0.4) is 0 Å². The van der Waals surface area contributed by atoms with E-state index in [2.05, 4.69) is 69.6 Å². The number of carbonyl (C=O) groups excluding carboxylic acids is 1. The topological polar surface area (TPSA) is 115 Å². The maximum Gasteiger partial charge on any atom is 0.271 e. The van der Waals surface area contributed by atoms with Crippen molar-refractivity contribution in [2.45, 2.75) is 57.2 Å². The molecule has 4 aromatic carbocycles. The van der Waals surface area contributed by atoms with E-state index in [1.165, 1.54) is 6.20 Å². The zero-order valence-electron chi connectivity index (χ0n) is 29.3. The minimum Gasteiger partial charge on any atom is -0.392 e. The molecule has 3 aliphatic rings. The summed E-state index contributed by atoms with van der Waals surface area (Å²) in [5, 5.41) is 12.6. The Morgan fingerprint density at radius 3 is 2.35 bits per heavy atom. The molecule has 0 radical (unpaired) electrons. The number of rotatable bonds is 9. The second kappa shape index (κ2) is 15.2. The van der Waals surface area contributed by atoms with Gasteiger partial charge in [0.25, 0.3) is 5.91 Å². The van der Waals surface area contributed by atoms with Gasteiger partial charge in [-0.15, -0.1) is 0 Å². The molecule has 3 fully saturated rings. The van der Waals surface area contributed by atoms with Crippen LogP contribution in [0.4, 0.5) is 0 Å². The molecule has 268 valence electrons. The zero-order valence-corrected chi connectivity index (χ0v) is 29.3. The number of ether oxygens (including phenoxy) is 4. The number of benzene rings is 4. The lowest BCUT2D eigenvalue weighted by atomic mass is 9.89. The summed E-state index contributed by atoms with van der Waals surface area (Å²) in [5.74, 6) is -0.611. The monoisotopic (exact) mass is 700 g/mol. The lowest BCUT2D eigenvalue weighted by Crippen LogP contribution is -2.50. The number of fused-ring (bicyclic) bond motifs is 1. The van der Waals surface area contributed by atoms with Gasteiger partial charge in [0.2, 0.25) is 0 Å². The number of para-hydroxylation sites is 2. The van der Waals surface area contributed by atoms with E-state index in [1.54, 1.807) is 0 Å². The molecule has 10 heteroatoms. The number of aliphatic hydroxyl groups excluding tert-OH is 1. The highest BCUT2D eigenvalue weighted by atomic mass is 16.7. The summed E-state index contributed by atoms with van der Waals surface area (Å²) in [6.07, 6.45) is 2.36. The Balaban J connectivity index is 0.989. The van der Waals surface area contributed by atoms with E-state index in [9.17, 15) is 9.90 Å². The number of aromatic nitrogens is 2. The molecular formula is C42H44N4O6. The van der Waals surface area contributed by atoms with Crippen molar-refractivity contribution in [3.8, 4) is 11.1 Å². The number of hydrogen-bond donors (Lipinski definition) is 2. The third-order valence-electron chi connectivity index (χ3n) is 10.5. The first-order chi connectivity index (χ1) is 25.4. The van der Waals surface area contributed by atoms with Gasteiger partial charge >= 0.3 is 0 Å². The number of nitrogens with zero attached hydrogens (tertiary/aromatic N) is 3. The SMILES string of the molecule is C[C@@H]1[C@H](CN2CCC3(CC2)OCCO3)O[C@H](c2cccc(-c3cccc(CNC(=O)c4cnc5ccccc5n4)c3)c2)O[C@@H]1c1ccc(CO)cc1. The van der Waals surface area contributed by atoms with Gasteiger partial charge in [0.05, 0.1) is 49.3 Å². The number of hydrogen-bond acceptors (Lipinski definition) is 9. The van der Waals surface area contributed by atoms with Crippen LogP contribution in [0.15, 0.2) is 103 Å². The molecular weight excluding hydrogens is 656 g/mol. The number of amides is 1. The van der Waals surface area contributed by atoms with Crippen LogP contribution in [-0.4, -0.2) is 70.6 Å². The van der Waals surface area contributed by atoms with E-state index in [1.807, 2.05) is 54.6 Å². The molecule has 2 N–H and O–H groups in total. The Hall–Kier alpha value is -4.55. The average Bonchev–Trinajstić information content (AvgIpc) is 3.66. The van der Waals surface area contributed by atoms with Gasteiger partial charge in [-0.2, -0.15) is 0 Å². The summed E-state index contributed by atoms with van der Waals surface area (Å²) < 4.78 is 25.6. The Morgan fingerprint density at radius 2 is 1.58 bits per heavy atom. The van der Waals surface area contributed by atoms with E-state index >= 15 is 0 Å². The maximum absolute atomic E-state index is 13.0. The van der Waals surface area contributed by atoms with Gasteiger partial charge in [-0.1, -0.05) is 79.7 Å². The van der Waals surface area contributed by atoms with Crippen LogP contribution < -0.4 is 5.32 Å². The summed E-state index contributed by atoms with van der Waals surface area (Å²) >= 11 is 0. The first kappa shape index (κ1) is 34.5. The molecule has 8 rings (SSSR count). The second-order valence-corrected chi connectivity index (χ2v) is 14.0. The number of carbonyl (C=O) groups is 1. The highest BCUT2D eigenvalue weighted by Crippen LogP contribution is 2.43. The normalized spacial score (nSPS) is 23.2. The molecule has 52 heavy (non-hydrogen) atoms. The number of nitrogens with one attached hydrogen (secondary N) is 1. The molecule has 1 spiro atoms. The fourth-order valence-electron chi connectivity index (χ4n) is 7.51. The van der Waals surface area contributed by atoms with Crippen molar-refractivity contribution in [1.29, 1.82) is 0 Å². The Labute approximate surface area is 303 Å². The highest BCUT2D eigenvalue weighted by Gasteiger charge is 2.43. The van der Waals surface area contributed by atoms with Crippen LogP contribution in [0.5, 0.6) is 0 Å². The summed E-state index contributed by atoms with van der Waals surface area (Å²) in [5.41, 5.74) is 7.60. The number of piperidine rings is 1. The molecule has 1 aromatic heterocycles. The standard InChI is InChI=1S/C42H44N4O6/c1-28-38(26-46-18-16-42(17-19-46)49-20-21-50-42)51-41(52-39(28)31-14-12-29(27-47)13-15-31)34-9-5-8-33(23-34)32-7-4-6-30(22-32)24-44-40(48)37-25-43-35-10-2-3-11-36(35)45-37/h2-15,22-23,25,28,38-39,41,47H,16-21,24,26-27H2,1H3,(H,44,48)/t28-,38+,39+,41+/m1/s1. The van der Waals surface area contributed by atoms with Gasteiger partial charge < -0.3 is 34.3 Å². The third kappa shape index (κ3) is 7.50. The van der Waals surface area contributed by atoms with Gasteiger partial charge in [0.15, 0.2) is 12.1 Å². The quantitative estimate of drug-likeness (QED) is 0.182. The second-order valence-electron chi connectivity index (χ2n) is 14.0. The summed E-state index contributed by atoms with van der Waals surface area (Å²) in [6.45, 7) is 6.43. The lowest BCUT2D eigenvalue weighted by Gasteiger charge is -2.44. The molecule has 0 saturated carbocycles. The molecule has 4 heterocycles. The molecule has 4 atom stereocenters. The van der Waals surface area contributed by atoms with Crippen molar-refractivity contribution in [2.75, 3.05) is 32.8 Å². The van der Waals surface area contributed by atoms with Crippen molar-refractivity contribution in [3.63, 3.8) is 0 Å². The van der Waals surface area contributed by atoms with Crippen LogP contribution in [0, 0.1) is 5.92 Å². The predicted molar refractivity (Wildman–Crippen MR) is 196 cm³/mol. The van der Waals surface area contributed by atoms with Crippen molar-refractivity contribution < 1.29 is 28.8 Å². The van der Waals surface area contributed by atoms with Crippen LogP contribution >= 0.6 is 0 Å². The number of likely N-dealkylation sites (tertiary alicyclic amines) is 1. The predicted octanol–water partition coefficient (Wildman–Crippen LogP) is 6.35. The average molecular weight is 701 g/mol. The smallest absolute Gasteiger partial charge is 0.271 e. The van der Waals surface area contributed by atoms with Gasteiger partial charge in [-0.25, -0.2) is 4.98 Å². The fourth-order valence-corrected chi connectivity index (χ4v) is 7.51. The molecule has 3 aliphatic heterocycles. The molecule has 10 nitrogen and oxygen atoms in total. The van der Waals surface area contributed by atoms with Gasteiger partial charge in [-0.3, -0.25) is 9.78 Å². The molecule has 1 amide bonds. The van der Waals surface area contributed by atoms with Gasteiger partial charge in [-0.05, 0) is 52.1 Å². The first-order valence-corrected chi connectivity index (χ1v) is 18.2. The third-order valence-corrected chi connectivity index (χ3v) is 10.5. The van der Waals surface area contributed by atoms with Gasteiger partial charge in [0.1, 0.15) is 5.69 Å². The van der Waals surface area contributed by atoms with E-state index in [0.717, 1.165) is 71.4 Å². The fraction of sp³-hybridized carbons (Fsp3) is 0.357. The summed E-state index contributed by atoms with van der Waals surface area (Å²) in [7, 11) is 0. The Bertz CT molecular complexity index is 2010. The molecule has 0 bridgehead atoms. The summed E-state index contributed by atoms with van der Waals surface area (Å²) in [6, 6.07) is 32.0. The lowest BCUT2D eigenvalue weighted by molar-refractivity contribution is -0.278. The minimum absolute atomic E-state index is 0.000894. The molecule has 5 aromatic rings. The molecule has 0 unspecified atom stereocenters. The van der Waals surface area contributed by atoms with E-state index in [-0.39, 0.29) is 36.3 Å². The van der Waals surface area contributed by atoms with Crippen LogP contribution in [0.1, 0.15) is 64.9 Å². The Kier molecular flexibility index (Phi) is 10.1. The van der Waals surface area contributed by atoms with Crippen LogP contribution in [0.2, 0.25) is 0 Å². The largest absolute Gasteiger partial charge is 0.392 e. The van der Waals surface area contributed by atoms with Crippen LogP contribution in [-0.2, 0) is 32.1 Å². The minimum atomic E-state index is -0.577. The maximum atomic E-state index is 13.0. The molecule has 3 saturated heterocycles. The van der Waals surface area contributed by atoms with Crippen molar-refractivity contribution in [3.05, 3.63) is 131 Å². The van der Waals surface area contributed by atoms with Crippen molar-refractivity contribution in [2.24, 2.45) is 5.92 Å². The van der Waals surface area contributed by atoms with E-state index < -0.39 is 12.1 Å². The van der Waals surface area contributed by atoms with Crippen molar-refractivity contribution >= 4 is 16.9 Å². The highest BCUT2D eigenvalue weighted by molar-refractivity contribution is 5.93. The zero-order chi connectivity index (χ0) is 35.5. The van der Waals surface area contributed by atoms with Crippen LogP contribution in [0.25, 0.3) is 22.2 Å². The number of aliphatic hydroxyl groups is 1. The van der Waals surface area contributed by atoms with E-state index in [0.29, 0.717) is 25.3 Å². The summed E-state index contributed by atoms with van der Waals surface area (Å²) in [4.78, 5) is 24.3. The first-order valence-electron chi connectivity index (χ1n) is 18.2. The van der Waals surface area contributed by atoms with E-state index in [4.69, 9.17) is 18.9 Å².